The molecule has 0 amide bonds. The molecule has 0 saturated carbocycles. The molecule has 3 fully saturated rings. The van der Waals surface area contributed by atoms with Crippen LogP contribution in [0, 0.1) is 11.8 Å². The van der Waals surface area contributed by atoms with E-state index in [1.807, 2.05) is 0 Å². The highest BCUT2D eigenvalue weighted by Gasteiger charge is 2.66. The molecule has 118 valence electrons. The number of esters is 2. The van der Waals surface area contributed by atoms with Crippen molar-refractivity contribution < 1.29 is 47.2 Å². The number of fused-ring (bicyclic) bond motifs is 1. The van der Waals surface area contributed by atoms with E-state index < -0.39 is 59.9 Å². The van der Waals surface area contributed by atoms with Crippen molar-refractivity contribution in [3.05, 3.63) is 0 Å². The molecular weight excluding hydrogens is 318 g/mol. The highest BCUT2D eigenvalue weighted by molar-refractivity contribution is 7.95. The van der Waals surface area contributed by atoms with Crippen LogP contribution < -0.4 is 0 Å². The summed E-state index contributed by atoms with van der Waals surface area (Å²) in [6.07, 6.45) is -1.05. The van der Waals surface area contributed by atoms with Crippen LogP contribution in [0.3, 0.4) is 0 Å². The summed E-state index contributed by atoms with van der Waals surface area (Å²) < 4.78 is 44.9. The van der Waals surface area contributed by atoms with Crippen LogP contribution in [-0.4, -0.2) is 47.4 Å². The molecule has 5 atom stereocenters. The molecule has 0 aromatic rings. The number of carbonyl (C=O) groups is 2. The first kappa shape index (κ1) is 14.9. The summed E-state index contributed by atoms with van der Waals surface area (Å²) in [4.78, 5) is 23.5. The SMILES string of the molecule is O=C(OCC(F)(F)SOOO)C1C2CC3OC(=O)C1C3O2. The zero-order valence-electron chi connectivity index (χ0n) is 10.3. The molecule has 0 spiro atoms. The van der Waals surface area contributed by atoms with Gasteiger partial charge < -0.3 is 14.2 Å². The van der Waals surface area contributed by atoms with Gasteiger partial charge in [0.2, 0.25) is 0 Å². The second kappa shape index (κ2) is 5.32. The zero-order chi connectivity index (χ0) is 15.2. The van der Waals surface area contributed by atoms with Gasteiger partial charge in [0.25, 0.3) is 0 Å². The van der Waals surface area contributed by atoms with E-state index in [-0.39, 0.29) is 6.10 Å². The first-order valence-corrected chi connectivity index (χ1v) is 6.73. The Balaban J connectivity index is 1.58. The van der Waals surface area contributed by atoms with Gasteiger partial charge in [-0.1, -0.05) is 5.04 Å². The van der Waals surface area contributed by atoms with Crippen LogP contribution in [0.1, 0.15) is 6.42 Å². The second-order valence-electron chi connectivity index (χ2n) is 4.87. The number of ether oxygens (including phenoxy) is 3. The summed E-state index contributed by atoms with van der Waals surface area (Å²) in [5.41, 5.74) is 0. The lowest BCUT2D eigenvalue weighted by Crippen LogP contribution is -2.38. The van der Waals surface area contributed by atoms with Crippen LogP contribution >= 0.6 is 12.0 Å². The summed E-state index contributed by atoms with van der Waals surface area (Å²) in [6, 6.07) is 0. The first-order chi connectivity index (χ1) is 9.93. The molecule has 0 aromatic carbocycles. The van der Waals surface area contributed by atoms with E-state index in [1.54, 1.807) is 0 Å². The largest absolute Gasteiger partial charge is 0.459 e. The van der Waals surface area contributed by atoms with Gasteiger partial charge >= 0.3 is 17.2 Å². The number of halogens is 2. The quantitative estimate of drug-likeness (QED) is 0.324. The van der Waals surface area contributed by atoms with Gasteiger partial charge in [0.1, 0.15) is 30.2 Å². The van der Waals surface area contributed by atoms with E-state index in [2.05, 4.69) is 14.1 Å². The molecule has 1 N–H and O–H groups in total. The van der Waals surface area contributed by atoms with Gasteiger partial charge in [0.05, 0.1) is 12.0 Å². The summed E-state index contributed by atoms with van der Waals surface area (Å²) in [5.74, 6) is -3.24. The highest BCUT2D eigenvalue weighted by Crippen LogP contribution is 2.50. The predicted molar refractivity (Wildman–Crippen MR) is 58.4 cm³/mol. The molecule has 5 unspecified atom stereocenters. The maximum absolute atomic E-state index is 13.2. The Hall–Kier alpha value is -1.01. The van der Waals surface area contributed by atoms with Crippen molar-refractivity contribution in [1.82, 2.24) is 0 Å². The third kappa shape index (κ3) is 2.59. The maximum Gasteiger partial charge on any atom is 0.354 e. The summed E-state index contributed by atoms with van der Waals surface area (Å²) >= 11 is -0.512. The summed E-state index contributed by atoms with van der Waals surface area (Å²) in [5, 5.41) is 7.22. The average molecular weight is 328 g/mol. The average Bonchev–Trinajstić information content (AvgIpc) is 3.04. The monoisotopic (exact) mass is 328 g/mol. The van der Waals surface area contributed by atoms with E-state index >= 15 is 0 Å². The number of rotatable bonds is 6. The first-order valence-electron chi connectivity index (χ1n) is 5.99. The molecule has 11 heteroatoms. The van der Waals surface area contributed by atoms with Gasteiger partial charge in [-0.05, 0) is 0 Å². The fourth-order valence-corrected chi connectivity index (χ4v) is 3.19. The number of alkyl halides is 2. The molecule has 3 heterocycles. The van der Waals surface area contributed by atoms with E-state index in [0.29, 0.717) is 6.42 Å². The van der Waals surface area contributed by atoms with Gasteiger partial charge in [0.15, 0.2) is 6.61 Å². The van der Waals surface area contributed by atoms with Crippen molar-refractivity contribution in [2.24, 2.45) is 11.8 Å². The Morgan fingerprint density at radius 1 is 1.48 bits per heavy atom. The third-order valence-electron chi connectivity index (χ3n) is 3.69. The van der Waals surface area contributed by atoms with E-state index in [9.17, 15) is 18.4 Å². The summed E-state index contributed by atoms with van der Waals surface area (Å²) in [6.45, 7) is -1.29. The molecule has 0 aromatic heterocycles. The molecule has 0 aliphatic carbocycles. The van der Waals surface area contributed by atoms with Crippen LogP contribution in [0.25, 0.3) is 0 Å². The van der Waals surface area contributed by atoms with Gasteiger partial charge in [-0.3, -0.25) is 9.59 Å². The topological polar surface area (TPSA) is 101 Å². The van der Waals surface area contributed by atoms with Gasteiger partial charge in [-0.15, -0.1) is 4.33 Å². The van der Waals surface area contributed by atoms with Gasteiger partial charge in [-0.25, -0.2) is 5.26 Å². The van der Waals surface area contributed by atoms with Crippen LogP contribution in [-0.2, 0) is 33.2 Å². The van der Waals surface area contributed by atoms with Crippen molar-refractivity contribution >= 4 is 24.0 Å². The Kier molecular flexibility index (Phi) is 3.78. The minimum Gasteiger partial charge on any atom is -0.459 e. The summed E-state index contributed by atoms with van der Waals surface area (Å²) in [7, 11) is 0. The minimum absolute atomic E-state index is 0.358. The maximum atomic E-state index is 13.2. The molecule has 3 rings (SSSR count). The van der Waals surface area contributed by atoms with E-state index in [0.717, 1.165) is 0 Å². The number of hydrogen-bond donors (Lipinski definition) is 1. The highest BCUT2D eigenvalue weighted by atomic mass is 32.2. The lowest BCUT2D eigenvalue weighted by molar-refractivity contribution is -0.433. The predicted octanol–water partition coefficient (Wildman–Crippen LogP) is 0.521. The molecule has 3 aliphatic rings. The van der Waals surface area contributed by atoms with Crippen molar-refractivity contribution in [3.63, 3.8) is 0 Å². The molecular formula is C10H10F2O8S. The van der Waals surface area contributed by atoms with E-state index in [1.165, 1.54) is 0 Å². The Labute approximate surface area is 120 Å². The molecule has 2 bridgehead atoms. The third-order valence-corrected chi connectivity index (χ3v) is 4.18. The van der Waals surface area contributed by atoms with Crippen molar-refractivity contribution in [2.75, 3.05) is 6.61 Å². The smallest absolute Gasteiger partial charge is 0.354 e. The Morgan fingerprint density at radius 2 is 2.24 bits per heavy atom. The standard InChI is InChI=1S/C10H10F2O8S/c11-10(12,21-20-19-15)2-16-8(13)5-3-1-4-7(17-3)6(5)9(14)18-4/h3-7,15H,1-2H2. The Bertz CT molecular complexity index is 458. The van der Waals surface area contributed by atoms with Crippen molar-refractivity contribution in [2.45, 2.75) is 30.0 Å². The second-order valence-corrected chi connectivity index (χ2v) is 5.77. The minimum atomic E-state index is -3.62. The van der Waals surface area contributed by atoms with Gasteiger partial charge in [0, 0.05) is 6.42 Å². The van der Waals surface area contributed by atoms with Crippen molar-refractivity contribution in [1.29, 1.82) is 0 Å². The molecule has 3 saturated heterocycles. The van der Waals surface area contributed by atoms with Crippen molar-refractivity contribution in [3.8, 4) is 0 Å². The lowest BCUT2D eigenvalue weighted by atomic mass is 9.80. The molecule has 21 heavy (non-hydrogen) atoms. The molecule has 3 aliphatic heterocycles. The number of carbonyl (C=O) groups excluding carboxylic acids is 2. The Morgan fingerprint density at radius 3 is 2.95 bits per heavy atom. The fraction of sp³-hybridized carbons (Fsp3) is 0.800. The fourth-order valence-electron chi connectivity index (χ4n) is 2.95. The normalized spacial score (nSPS) is 36.9. The number of hydrogen-bond acceptors (Lipinski definition) is 9. The van der Waals surface area contributed by atoms with Gasteiger partial charge in [-0.2, -0.15) is 8.78 Å². The molecule has 0 radical (unpaired) electrons. The van der Waals surface area contributed by atoms with Crippen LogP contribution in [0.4, 0.5) is 8.78 Å². The van der Waals surface area contributed by atoms with Crippen LogP contribution in [0.5, 0.6) is 0 Å². The van der Waals surface area contributed by atoms with Crippen LogP contribution in [0.2, 0.25) is 0 Å². The van der Waals surface area contributed by atoms with Crippen LogP contribution in [0.15, 0.2) is 0 Å². The lowest BCUT2D eigenvalue weighted by Gasteiger charge is -2.21. The zero-order valence-corrected chi connectivity index (χ0v) is 11.1. The van der Waals surface area contributed by atoms with E-state index in [4.69, 9.17) is 14.7 Å². The molecule has 8 nitrogen and oxygen atoms in total.